The summed E-state index contributed by atoms with van der Waals surface area (Å²) >= 11 is 0. The Bertz CT molecular complexity index is 409. The minimum atomic E-state index is -0.130. The lowest BCUT2D eigenvalue weighted by atomic mass is 9.91. The van der Waals surface area contributed by atoms with E-state index in [-0.39, 0.29) is 5.82 Å². The number of rotatable bonds is 4. The van der Waals surface area contributed by atoms with Crippen LogP contribution in [0.3, 0.4) is 0 Å². The zero-order valence-corrected chi connectivity index (χ0v) is 15.8. The Morgan fingerprint density at radius 3 is 2.05 bits per heavy atom. The van der Waals surface area contributed by atoms with E-state index in [0.717, 1.165) is 18.4 Å². The average Bonchev–Trinajstić information content (AvgIpc) is 2.58. The van der Waals surface area contributed by atoms with Gasteiger partial charge < -0.3 is 0 Å². The Balaban J connectivity index is -0.000000535. The van der Waals surface area contributed by atoms with Gasteiger partial charge in [-0.05, 0) is 55.9 Å². The number of benzene rings is 1. The Kier molecular flexibility index (Phi) is 20.2. The summed E-state index contributed by atoms with van der Waals surface area (Å²) in [4.78, 5) is 0. The van der Waals surface area contributed by atoms with Crippen molar-refractivity contribution in [3.63, 3.8) is 0 Å². The molecule has 0 nitrogen and oxygen atoms in total. The molecule has 1 aromatic rings. The monoisotopic (exact) mass is 306 g/mol. The number of hydrogen-bond acceptors (Lipinski definition) is 0. The molecule has 0 fully saturated rings. The molecule has 1 unspecified atom stereocenters. The lowest BCUT2D eigenvalue weighted by Crippen LogP contribution is -1.99. The molecule has 126 valence electrons. The van der Waals surface area contributed by atoms with Crippen LogP contribution in [0.1, 0.15) is 78.9 Å². The largest absolute Gasteiger partial charge is 0.207 e. The maximum atomic E-state index is 13.1. The molecule has 0 radical (unpaired) electrons. The van der Waals surface area contributed by atoms with Crippen molar-refractivity contribution in [1.82, 2.24) is 0 Å². The SMILES string of the molecule is C#C.CC.CC.CCc1cc(F)ccc1C(C)CC=C(C)C. The first kappa shape index (κ1) is 25.4. The molecule has 1 heteroatoms. The predicted molar refractivity (Wildman–Crippen MR) is 101 cm³/mol. The third-order valence-corrected chi connectivity index (χ3v) is 2.90. The van der Waals surface area contributed by atoms with Crippen LogP contribution < -0.4 is 0 Å². The van der Waals surface area contributed by atoms with Gasteiger partial charge in [0.25, 0.3) is 0 Å². The van der Waals surface area contributed by atoms with E-state index in [1.807, 2.05) is 33.8 Å². The molecule has 0 aliphatic heterocycles. The second kappa shape index (κ2) is 17.5. The Morgan fingerprint density at radius 1 is 1.14 bits per heavy atom. The van der Waals surface area contributed by atoms with Gasteiger partial charge in [-0.3, -0.25) is 0 Å². The third kappa shape index (κ3) is 11.1. The summed E-state index contributed by atoms with van der Waals surface area (Å²) in [6.07, 6.45) is 12.2. The second-order valence-electron chi connectivity index (χ2n) is 4.61. The molecule has 0 saturated heterocycles. The van der Waals surface area contributed by atoms with Gasteiger partial charge in [-0.1, -0.05) is 59.3 Å². The number of allylic oxidation sites excluding steroid dienone is 2. The first-order valence-electron chi connectivity index (χ1n) is 8.29. The molecule has 0 saturated carbocycles. The van der Waals surface area contributed by atoms with Crippen LogP contribution in [0, 0.1) is 18.7 Å². The topological polar surface area (TPSA) is 0 Å². The van der Waals surface area contributed by atoms with E-state index in [1.54, 1.807) is 12.1 Å². The van der Waals surface area contributed by atoms with Gasteiger partial charge in [0, 0.05) is 0 Å². The van der Waals surface area contributed by atoms with Gasteiger partial charge in [0.05, 0.1) is 0 Å². The highest BCUT2D eigenvalue weighted by Crippen LogP contribution is 2.25. The molecule has 1 rings (SSSR count). The Morgan fingerprint density at radius 2 is 1.64 bits per heavy atom. The summed E-state index contributed by atoms with van der Waals surface area (Å²) in [6, 6.07) is 5.15. The number of halogens is 1. The highest BCUT2D eigenvalue weighted by Gasteiger charge is 2.09. The standard InChI is InChI=1S/C15H21F.2C2H6.C2H2/c1-5-13-10-14(16)8-9-15(13)12(4)7-6-11(2)3;3*1-2/h6,8-10,12H,5,7H2,1-4H3;2*1-2H3;1-2H. The van der Waals surface area contributed by atoms with Crippen LogP contribution >= 0.6 is 0 Å². The summed E-state index contributed by atoms with van der Waals surface area (Å²) < 4.78 is 13.1. The smallest absolute Gasteiger partial charge is 0.123 e. The molecule has 0 aliphatic rings. The van der Waals surface area contributed by atoms with E-state index in [1.165, 1.54) is 11.1 Å². The van der Waals surface area contributed by atoms with E-state index in [9.17, 15) is 4.39 Å². The second-order valence-corrected chi connectivity index (χ2v) is 4.61. The summed E-state index contributed by atoms with van der Waals surface area (Å²) in [7, 11) is 0. The fourth-order valence-electron chi connectivity index (χ4n) is 1.90. The highest BCUT2D eigenvalue weighted by atomic mass is 19.1. The molecule has 0 aromatic heterocycles. The maximum absolute atomic E-state index is 13.1. The molecule has 0 amide bonds. The van der Waals surface area contributed by atoms with E-state index in [2.05, 4.69) is 46.6 Å². The van der Waals surface area contributed by atoms with Gasteiger partial charge >= 0.3 is 0 Å². The molecular weight excluding hydrogens is 271 g/mol. The van der Waals surface area contributed by atoms with E-state index < -0.39 is 0 Å². The zero-order chi connectivity index (χ0) is 18.1. The van der Waals surface area contributed by atoms with Gasteiger partial charge in [0.2, 0.25) is 0 Å². The van der Waals surface area contributed by atoms with Crippen LogP contribution in [0.5, 0.6) is 0 Å². The number of terminal acetylenes is 1. The fraction of sp³-hybridized carbons (Fsp3) is 0.524. The van der Waals surface area contributed by atoms with E-state index >= 15 is 0 Å². The van der Waals surface area contributed by atoms with E-state index in [0.29, 0.717) is 5.92 Å². The minimum absolute atomic E-state index is 0.130. The average molecular weight is 307 g/mol. The van der Waals surface area contributed by atoms with E-state index in [4.69, 9.17) is 0 Å². The molecule has 1 atom stereocenters. The predicted octanol–water partition coefficient (Wildman–Crippen LogP) is 7.15. The van der Waals surface area contributed by atoms with Crippen molar-refractivity contribution in [3.05, 3.63) is 46.8 Å². The van der Waals surface area contributed by atoms with Gasteiger partial charge in [0.15, 0.2) is 0 Å². The highest BCUT2D eigenvalue weighted by molar-refractivity contribution is 5.31. The first-order valence-corrected chi connectivity index (χ1v) is 8.29. The molecule has 22 heavy (non-hydrogen) atoms. The van der Waals surface area contributed by atoms with Crippen molar-refractivity contribution >= 4 is 0 Å². The summed E-state index contributed by atoms with van der Waals surface area (Å²) in [5.74, 6) is 0.334. The van der Waals surface area contributed by atoms with Crippen LogP contribution in [-0.4, -0.2) is 0 Å². The summed E-state index contributed by atoms with van der Waals surface area (Å²) in [5.41, 5.74) is 3.75. The van der Waals surface area contributed by atoms with Gasteiger partial charge in [0.1, 0.15) is 5.82 Å². The van der Waals surface area contributed by atoms with Crippen molar-refractivity contribution in [3.8, 4) is 12.8 Å². The molecule has 0 bridgehead atoms. The van der Waals surface area contributed by atoms with Crippen molar-refractivity contribution < 1.29 is 4.39 Å². The fourth-order valence-corrected chi connectivity index (χ4v) is 1.90. The van der Waals surface area contributed by atoms with Gasteiger partial charge in [-0.25, -0.2) is 4.39 Å². The third-order valence-electron chi connectivity index (χ3n) is 2.90. The van der Waals surface area contributed by atoms with Crippen molar-refractivity contribution in [2.45, 2.75) is 74.1 Å². The van der Waals surface area contributed by atoms with Crippen LogP contribution in [0.2, 0.25) is 0 Å². The zero-order valence-electron chi connectivity index (χ0n) is 15.8. The molecule has 1 aromatic carbocycles. The Hall–Kier alpha value is -1.55. The summed E-state index contributed by atoms with van der Waals surface area (Å²) in [6.45, 7) is 16.5. The number of hydrogen-bond donors (Lipinski definition) is 0. The van der Waals surface area contributed by atoms with Crippen molar-refractivity contribution in [2.75, 3.05) is 0 Å². The van der Waals surface area contributed by atoms with Gasteiger partial charge in [-0.15, -0.1) is 12.8 Å². The van der Waals surface area contributed by atoms with Crippen LogP contribution in [0.25, 0.3) is 0 Å². The summed E-state index contributed by atoms with van der Waals surface area (Å²) in [5, 5.41) is 0. The minimum Gasteiger partial charge on any atom is -0.207 e. The van der Waals surface area contributed by atoms with Crippen molar-refractivity contribution in [2.24, 2.45) is 0 Å². The normalized spacial score (nSPS) is 9.59. The lowest BCUT2D eigenvalue weighted by Gasteiger charge is -2.14. The van der Waals surface area contributed by atoms with Crippen LogP contribution in [0.4, 0.5) is 4.39 Å². The number of aryl methyl sites for hydroxylation is 1. The molecular formula is C21H35F. The Labute approximate surface area is 138 Å². The van der Waals surface area contributed by atoms with Gasteiger partial charge in [-0.2, -0.15) is 0 Å². The molecule has 0 heterocycles. The maximum Gasteiger partial charge on any atom is 0.123 e. The molecule has 0 N–H and O–H groups in total. The molecule has 0 spiro atoms. The quantitative estimate of drug-likeness (QED) is 0.409. The first-order chi connectivity index (χ1) is 10.5. The van der Waals surface area contributed by atoms with Crippen molar-refractivity contribution in [1.29, 1.82) is 0 Å². The van der Waals surface area contributed by atoms with Crippen LogP contribution in [0.15, 0.2) is 29.8 Å². The van der Waals surface area contributed by atoms with Crippen LogP contribution in [-0.2, 0) is 6.42 Å². The molecule has 0 aliphatic carbocycles. The lowest BCUT2D eigenvalue weighted by molar-refractivity contribution is 0.622.